The maximum atomic E-state index is 13.5. The van der Waals surface area contributed by atoms with Crippen LogP contribution in [-0.4, -0.2) is 84.6 Å². The van der Waals surface area contributed by atoms with Gasteiger partial charge in [0.15, 0.2) is 5.82 Å². The van der Waals surface area contributed by atoms with Crippen molar-refractivity contribution >= 4 is 23.6 Å². The highest BCUT2D eigenvalue weighted by Crippen LogP contribution is 2.53. The van der Waals surface area contributed by atoms with E-state index in [1.165, 1.54) is 0 Å². The molecule has 10 heteroatoms. The number of hydrogen-bond acceptors (Lipinski definition) is 8. The number of esters is 1. The molecule has 2 N–H and O–H groups in total. The molecular weight excluding hydrogens is 484 g/mol. The van der Waals surface area contributed by atoms with Gasteiger partial charge in [0.1, 0.15) is 17.6 Å². The van der Waals surface area contributed by atoms with E-state index in [1.807, 2.05) is 51.1 Å². The first kappa shape index (κ1) is 26.1. The van der Waals surface area contributed by atoms with Gasteiger partial charge in [-0.25, -0.2) is 9.97 Å². The minimum atomic E-state index is -0.649. The molecule has 1 aromatic heterocycles. The van der Waals surface area contributed by atoms with E-state index >= 15 is 0 Å². The standard InChI is InChI=1S/C28H36N6O4/c1-4-38-28(37)23-19-15-34(16-20(19)23)22-14-21(30-25(31-22)18-8-6-5-7-9-18)26(35)32-24(17(2)3)27(36)33-12-10-29-11-13-33/h5-9,14,17,19-20,23-24,29H,4,10-13,15-16H2,1-3H3,(H,32,35)/t19-,20+,23-,24-/m0/s1. The molecule has 2 amide bonds. The van der Waals surface area contributed by atoms with Crippen molar-refractivity contribution in [1.82, 2.24) is 25.5 Å². The van der Waals surface area contributed by atoms with E-state index < -0.39 is 11.9 Å². The quantitative estimate of drug-likeness (QED) is 0.504. The van der Waals surface area contributed by atoms with Crippen LogP contribution >= 0.6 is 0 Å². The van der Waals surface area contributed by atoms with Crippen molar-refractivity contribution in [2.45, 2.75) is 26.8 Å². The van der Waals surface area contributed by atoms with Crippen molar-refractivity contribution in [2.75, 3.05) is 50.8 Å². The number of fused-ring (bicyclic) bond motifs is 1. The average molecular weight is 521 g/mol. The van der Waals surface area contributed by atoms with Crippen LogP contribution in [0.4, 0.5) is 5.82 Å². The monoisotopic (exact) mass is 520 g/mol. The molecule has 2 aliphatic heterocycles. The number of benzene rings is 1. The van der Waals surface area contributed by atoms with Gasteiger partial charge in [-0.2, -0.15) is 0 Å². The highest BCUT2D eigenvalue weighted by Gasteiger charge is 2.60. The zero-order chi connectivity index (χ0) is 26.8. The molecule has 1 saturated carbocycles. The maximum absolute atomic E-state index is 13.5. The lowest BCUT2D eigenvalue weighted by Crippen LogP contribution is -2.55. The topological polar surface area (TPSA) is 117 Å². The van der Waals surface area contributed by atoms with Crippen molar-refractivity contribution in [3.05, 3.63) is 42.1 Å². The van der Waals surface area contributed by atoms with E-state index in [0.717, 1.165) is 18.7 Å². The van der Waals surface area contributed by atoms with E-state index in [9.17, 15) is 14.4 Å². The summed E-state index contributed by atoms with van der Waals surface area (Å²) >= 11 is 0. The zero-order valence-corrected chi connectivity index (χ0v) is 22.2. The number of nitrogens with zero attached hydrogens (tertiary/aromatic N) is 4. The van der Waals surface area contributed by atoms with E-state index in [2.05, 4.69) is 20.5 Å². The summed E-state index contributed by atoms with van der Waals surface area (Å²) in [6, 6.07) is 10.6. The van der Waals surface area contributed by atoms with Crippen molar-refractivity contribution in [2.24, 2.45) is 23.7 Å². The molecule has 1 aromatic carbocycles. The highest BCUT2D eigenvalue weighted by atomic mass is 16.5. The Morgan fingerprint density at radius 1 is 1.08 bits per heavy atom. The molecule has 4 atom stereocenters. The predicted molar refractivity (Wildman–Crippen MR) is 142 cm³/mol. The van der Waals surface area contributed by atoms with Crippen LogP contribution in [0.1, 0.15) is 31.3 Å². The Balaban J connectivity index is 1.38. The summed E-state index contributed by atoms with van der Waals surface area (Å²) in [7, 11) is 0. The van der Waals surface area contributed by atoms with Gasteiger partial charge in [-0.05, 0) is 24.7 Å². The number of rotatable bonds is 8. The molecule has 38 heavy (non-hydrogen) atoms. The summed E-state index contributed by atoms with van der Waals surface area (Å²) in [6.45, 7) is 10.2. The molecule has 3 fully saturated rings. The number of amides is 2. The van der Waals surface area contributed by atoms with Crippen LogP contribution in [0.5, 0.6) is 0 Å². The molecule has 202 valence electrons. The molecule has 3 heterocycles. The molecule has 1 aliphatic carbocycles. The Morgan fingerprint density at radius 2 is 1.76 bits per heavy atom. The van der Waals surface area contributed by atoms with Gasteiger partial charge >= 0.3 is 5.97 Å². The van der Waals surface area contributed by atoms with Crippen LogP contribution in [0.2, 0.25) is 0 Å². The van der Waals surface area contributed by atoms with Crippen molar-refractivity contribution in [3.63, 3.8) is 0 Å². The first-order valence-corrected chi connectivity index (χ1v) is 13.5. The third-order valence-corrected chi connectivity index (χ3v) is 7.70. The molecule has 0 spiro atoms. The fraction of sp³-hybridized carbons (Fsp3) is 0.536. The Hall–Kier alpha value is -3.53. The molecule has 2 saturated heterocycles. The molecule has 3 aliphatic rings. The van der Waals surface area contributed by atoms with Crippen molar-refractivity contribution < 1.29 is 19.1 Å². The average Bonchev–Trinajstić information content (AvgIpc) is 3.45. The molecular formula is C28H36N6O4. The lowest BCUT2D eigenvalue weighted by molar-refractivity contribution is -0.145. The molecule has 0 bridgehead atoms. The van der Waals surface area contributed by atoms with Gasteiger partial charge in [0.2, 0.25) is 5.91 Å². The van der Waals surface area contributed by atoms with Crippen LogP contribution < -0.4 is 15.5 Å². The van der Waals surface area contributed by atoms with Crippen LogP contribution in [0.3, 0.4) is 0 Å². The van der Waals surface area contributed by atoms with E-state index in [-0.39, 0.29) is 41.2 Å². The fourth-order valence-corrected chi connectivity index (χ4v) is 5.54. The largest absolute Gasteiger partial charge is 0.466 e. The van der Waals surface area contributed by atoms with Gasteiger partial charge in [0.25, 0.3) is 5.91 Å². The van der Waals surface area contributed by atoms with Crippen LogP contribution in [0.25, 0.3) is 11.4 Å². The number of carbonyl (C=O) groups is 3. The third-order valence-electron chi connectivity index (χ3n) is 7.70. The SMILES string of the molecule is CCOC(=O)[C@@H]1[C@@H]2CN(c3cc(C(=O)N[C@H](C(=O)N4CCNCC4)C(C)C)nc(-c4ccccc4)n3)C[C@@H]21. The lowest BCUT2D eigenvalue weighted by Gasteiger charge is -2.32. The van der Waals surface area contributed by atoms with Crippen LogP contribution in [0, 0.1) is 23.7 Å². The van der Waals surface area contributed by atoms with E-state index in [4.69, 9.17) is 9.72 Å². The second-order valence-electron chi connectivity index (χ2n) is 10.6. The minimum Gasteiger partial charge on any atom is -0.466 e. The number of carbonyl (C=O) groups excluding carboxylic acids is 3. The van der Waals surface area contributed by atoms with Crippen LogP contribution in [0.15, 0.2) is 36.4 Å². The van der Waals surface area contributed by atoms with E-state index in [0.29, 0.717) is 44.4 Å². The first-order chi connectivity index (χ1) is 18.4. The van der Waals surface area contributed by atoms with Gasteiger partial charge < -0.3 is 25.2 Å². The molecule has 0 radical (unpaired) electrons. The summed E-state index contributed by atoms with van der Waals surface area (Å²) < 4.78 is 5.22. The van der Waals surface area contributed by atoms with Gasteiger partial charge in [0.05, 0.1) is 12.5 Å². The van der Waals surface area contributed by atoms with Gasteiger partial charge in [-0.3, -0.25) is 14.4 Å². The summed E-state index contributed by atoms with van der Waals surface area (Å²) in [5, 5.41) is 6.21. The van der Waals surface area contributed by atoms with Crippen molar-refractivity contribution in [1.29, 1.82) is 0 Å². The predicted octanol–water partition coefficient (Wildman–Crippen LogP) is 1.58. The number of aromatic nitrogens is 2. The molecule has 0 unspecified atom stereocenters. The Bertz CT molecular complexity index is 1170. The number of ether oxygens (including phenoxy) is 1. The molecule has 2 aromatic rings. The second-order valence-corrected chi connectivity index (χ2v) is 10.6. The minimum absolute atomic E-state index is 0.0489. The van der Waals surface area contributed by atoms with Gasteiger partial charge in [0, 0.05) is 50.9 Å². The fourth-order valence-electron chi connectivity index (χ4n) is 5.54. The van der Waals surface area contributed by atoms with Crippen LogP contribution in [-0.2, 0) is 14.3 Å². The summed E-state index contributed by atoms with van der Waals surface area (Å²) in [5.41, 5.74) is 1.02. The Morgan fingerprint density at radius 3 is 2.39 bits per heavy atom. The number of anilines is 1. The summed E-state index contributed by atoms with van der Waals surface area (Å²) in [5.74, 6) is 0.849. The third kappa shape index (κ3) is 5.36. The molecule has 5 rings (SSSR count). The second kappa shape index (κ2) is 11.1. The summed E-state index contributed by atoms with van der Waals surface area (Å²) in [4.78, 5) is 52.3. The Kier molecular flexibility index (Phi) is 7.60. The van der Waals surface area contributed by atoms with Gasteiger partial charge in [-0.15, -0.1) is 0 Å². The number of nitrogens with one attached hydrogen (secondary N) is 2. The van der Waals surface area contributed by atoms with E-state index in [1.54, 1.807) is 11.0 Å². The zero-order valence-electron chi connectivity index (χ0n) is 22.2. The molecule has 10 nitrogen and oxygen atoms in total. The normalized spacial score (nSPS) is 23.1. The highest BCUT2D eigenvalue weighted by molar-refractivity contribution is 5.97. The summed E-state index contributed by atoms with van der Waals surface area (Å²) in [6.07, 6.45) is 0. The lowest BCUT2D eigenvalue weighted by atomic mass is 10.0. The van der Waals surface area contributed by atoms with Crippen molar-refractivity contribution in [3.8, 4) is 11.4 Å². The number of piperidine rings is 1. The number of piperazine rings is 1. The Labute approximate surface area is 223 Å². The van der Waals surface area contributed by atoms with Gasteiger partial charge in [-0.1, -0.05) is 44.2 Å². The number of hydrogen-bond donors (Lipinski definition) is 2. The maximum Gasteiger partial charge on any atom is 0.309 e. The smallest absolute Gasteiger partial charge is 0.309 e. The first-order valence-electron chi connectivity index (χ1n) is 13.5.